The molecule has 1 aliphatic rings. The van der Waals surface area contributed by atoms with Crippen molar-refractivity contribution < 1.29 is 4.74 Å². The van der Waals surface area contributed by atoms with Crippen molar-refractivity contribution in [1.29, 1.82) is 0 Å². The molecule has 0 N–H and O–H groups in total. The molecule has 0 saturated heterocycles. The molecule has 0 aliphatic heterocycles. The number of ether oxygens (including phenoxy) is 1. The second-order valence-electron chi connectivity index (χ2n) is 5.41. The minimum Gasteiger partial charge on any atom is -0.497 e. The molecule has 0 atom stereocenters. The fourth-order valence-electron chi connectivity index (χ4n) is 2.96. The summed E-state index contributed by atoms with van der Waals surface area (Å²) in [4.78, 5) is 2.53. The maximum Gasteiger partial charge on any atom is 0.119 e. The Bertz CT molecular complexity index is 421. The summed E-state index contributed by atoms with van der Waals surface area (Å²) in [5, 5.41) is 0. The number of nitrogens with zero attached hydrogens (tertiary/aromatic N) is 1. The molecule has 2 nitrogen and oxygen atoms in total. The minimum absolute atomic E-state index is 0.681. The quantitative estimate of drug-likeness (QED) is 0.674. The lowest BCUT2D eigenvalue weighted by molar-refractivity contribution is 0.156. The summed E-state index contributed by atoms with van der Waals surface area (Å²) in [6, 6.07) is 6.85. The van der Waals surface area contributed by atoms with E-state index < -0.39 is 0 Å². The van der Waals surface area contributed by atoms with Crippen LogP contribution in [0, 0.1) is 0 Å². The monoisotopic (exact) mass is 359 g/mol. The van der Waals surface area contributed by atoms with E-state index in [4.69, 9.17) is 16.3 Å². The predicted octanol–water partition coefficient (Wildman–Crippen LogP) is 4.83. The summed E-state index contributed by atoms with van der Waals surface area (Å²) < 4.78 is 6.48. The first-order valence-electron chi connectivity index (χ1n) is 7.37. The van der Waals surface area contributed by atoms with Gasteiger partial charge in [-0.15, -0.1) is 11.6 Å². The van der Waals surface area contributed by atoms with Crippen LogP contribution in [0.25, 0.3) is 0 Å². The average molecular weight is 361 g/mol. The molecule has 4 heteroatoms. The highest BCUT2D eigenvalue weighted by Crippen LogP contribution is 2.28. The summed E-state index contributed by atoms with van der Waals surface area (Å²) in [5.41, 5.74) is 1.28. The Morgan fingerprint density at radius 1 is 1.30 bits per heavy atom. The van der Waals surface area contributed by atoms with Crippen molar-refractivity contribution in [2.24, 2.45) is 0 Å². The molecule has 1 fully saturated rings. The smallest absolute Gasteiger partial charge is 0.119 e. The summed E-state index contributed by atoms with van der Waals surface area (Å²) in [7, 11) is 1.71. The highest BCUT2D eigenvalue weighted by atomic mass is 79.9. The summed E-state index contributed by atoms with van der Waals surface area (Å²) in [5.74, 6) is 1.61. The second kappa shape index (κ2) is 8.26. The molecular weight excluding hydrogens is 338 g/mol. The van der Waals surface area contributed by atoms with E-state index in [1.165, 1.54) is 37.7 Å². The Labute approximate surface area is 135 Å². The normalized spacial score (nSPS) is 16.6. The lowest BCUT2D eigenvalue weighted by atomic mass is 9.94. The Morgan fingerprint density at radius 3 is 2.70 bits per heavy atom. The number of halogens is 2. The fraction of sp³-hybridized carbons (Fsp3) is 0.625. The molecule has 0 aromatic heterocycles. The van der Waals surface area contributed by atoms with Crippen LogP contribution < -0.4 is 4.74 Å². The molecule has 0 unspecified atom stereocenters. The number of methoxy groups -OCH3 is 1. The van der Waals surface area contributed by atoms with Crippen molar-refractivity contribution in [1.82, 2.24) is 4.90 Å². The van der Waals surface area contributed by atoms with Gasteiger partial charge in [-0.2, -0.15) is 0 Å². The van der Waals surface area contributed by atoms with Gasteiger partial charge in [0, 0.05) is 29.5 Å². The lowest BCUT2D eigenvalue weighted by Gasteiger charge is -2.34. The number of benzene rings is 1. The zero-order chi connectivity index (χ0) is 14.4. The molecule has 20 heavy (non-hydrogen) atoms. The summed E-state index contributed by atoms with van der Waals surface area (Å²) in [6.07, 6.45) is 6.69. The highest BCUT2D eigenvalue weighted by molar-refractivity contribution is 9.10. The van der Waals surface area contributed by atoms with E-state index in [1.54, 1.807) is 7.11 Å². The molecule has 1 aliphatic carbocycles. The molecule has 0 spiro atoms. The maximum atomic E-state index is 6.00. The van der Waals surface area contributed by atoms with Crippen molar-refractivity contribution >= 4 is 27.5 Å². The van der Waals surface area contributed by atoms with Gasteiger partial charge in [0.2, 0.25) is 0 Å². The molecule has 0 bridgehead atoms. The highest BCUT2D eigenvalue weighted by Gasteiger charge is 2.21. The van der Waals surface area contributed by atoms with E-state index in [9.17, 15) is 0 Å². The van der Waals surface area contributed by atoms with Gasteiger partial charge in [0.15, 0.2) is 0 Å². The molecule has 1 saturated carbocycles. The fourth-order valence-corrected chi connectivity index (χ4v) is 3.55. The van der Waals surface area contributed by atoms with Gasteiger partial charge in [0.05, 0.1) is 7.11 Å². The largest absolute Gasteiger partial charge is 0.497 e. The van der Waals surface area contributed by atoms with Gasteiger partial charge in [0.1, 0.15) is 5.75 Å². The third-order valence-corrected chi connectivity index (χ3v) is 5.03. The van der Waals surface area contributed by atoms with Gasteiger partial charge in [-0.05, 0) is 36.6 Å². The van der Waals surface area contributed by atoms with Crippen LogP contribution >= 0.6 is 27.5 Å². The maximum absolute atomic E-state index is 6.00. The molecule has 2 rings (SSSR count). The van der Waals surface area contributed by atoms with Crippen LogP contribution in [0.5, 0.6) is 5.75 Å². The van der Waals surface area contributed by atoms with Gasteiger partial charge in [-0.25, -0.2) is 0 Å². The Morgan fingerprint density at radius 2 is 2.05 bits per heavy atom. The summed E-state index contributed by atoms with van der Waals surface area (Å²) >= 11 is 9.65. The molecule has 0 radical (unpaired) electrons. The van der Waals surface area contributed by atoms with Crippen molar-refractivity contribution in [2.75, 3.05) is 19.5 Å². The van der Waals surface area contributed by atoms with Crippen LogP contribution in [0.3, 0.4) is 0 Å². The van der Waals surface area contributed by atoms with E-state index >= 15 is 0 Å². The van der Waals surface area contributed by atoms with Gasteiger partial charge in [-0.3, -0.25) is 4.90 Å². The number of hydrogen-bond acceptors (Lipinski definition) is 2. The van der Waals surface area contributed by atoms with Gasteiger partial charge in [0.25, 0.3) is 0 Å². The molecule has 0 heterocycles. The number of alkyl halides is 1. The van der Waals surface area contributed by atoms with Crippen LogP contribution in [0.2, 0.25) is 0 Å². The van der Waals surface area contributed by atoms with Crippen molar-refractivity contribution in [3.63, 3.8) is 0 Å². The zero-order valence-electron chi connectivity index (χ0n) is 12.1. The van der Waals surface area contributed by atoms with E-state index in [0.29, 0.717) is 11.9 Å². The number of hydrogen-bond donors (Lipinski definition) is 0. The van der Waals surface area contributed by atoms with Crippen LogP contribution in [-0.4, -0.2) is 30.5 Å². The summed E-state index contributed by atoms with van der Waals surface area (Å²) in [6.45, 7) is 1.89. The Balaban J connectivity index is 2.10. The third-order valence-electron chi connectivity index (χ3n) is 4.09. The first-order chi connectivity index (χ1) is 9.74. The van der Waals surface area contributed by atoms with Crippen molar-refractivity contribution in [3.05, 3.63) is 28.2 Å². The van der Waals surface area contributed by atoms with Crippen LogP contribution in [-0.2, 0) is 6.54 Å². The average Bonchev–Trinajstić information content (AvgIpc) is 2.49. The van der Waals surface area contributed by atoms with Crippen LogP contribution in [0.4, 0.5) is 0 Å². The molecule has 112 valence electrons. The first-order valence-corrected chi connectivity index (χ1v) is 8.69. The van der Waals surface area contributed by atoms with E-state index in [-0.39, 0.29) is 0 Å². The molecule has 1 aromatic carbocycles. The number of rotatable bonds is 6. The molecule has 0 amide bonds. The topological polar surface area (TPSA) is 12.5 Å². The minimum atomic E-state index is 0.681. The van der Waals surface area contributed by atoms with E-state index in [2.05, 4.69) is 33.0 Å². The van der Waals surface area contributed by atoms with Crippen LogP contribution in [0.15, 0.2) is 22.7 Å². The van der Waals surface area contributed by atoms with Crippen molar-refractivity contribution in [3.8, 4) is 5.75 Å². The SMILES string of the molecule is COc1ccc(Br)c(CN(CCCl)C2CCCCC2)c1. The van der Waals surface area contributed by atoms with Gasteiger partial charge in [-0.1, -0.05) is 35.2 Å². The molecular formula is C16H23BrClNO. The van der Waals surface area contributed by atoms with Crippen LogP contribution in [0.1, 0.15) is 37.7 Å². The standard InChI is InChI=1S/C16H23BrClNO/c1-20-15-7-8-16(17)13(11-15)12-19(10-9-18)14-5-3-2-4-6-14/h7-8,11,14H,2-6,9-10,12H2,1H3. The predicted molar refractivity (Wildman–Crippen MR) is 88.7 cm³/mol. The second-order valence-corrected chi connectivity index (χ2v) is 6.64. The van der Waals surface area contributed by atoms with Crippen molar-refractivity contribution in [2.45, 2.75) is 44.7 Å². The Kier molecular flexibility index (Phi) is 6.66. The van der Waals surface area contributed by atoms with E-state index in [0.717, 1.165) is 23.3 Å². The van der Waals surface area contributed by atoms with Gasteiger partial charge < -0.3 is 4.74 Å². The molecule has 1 aromatic rings. The lowest BCUT2D eigenvalue weighted by Crippen LogP contribution is -2.37. The zero-order valence-corrected chi connectivity index (χ0v) is 14.4. The third kappa shape index (κ3) is 4.37. The first kappa shape index (κ1) is 16.1. The van der Waals surface area contributed by atoms with E-state index in [1.807, 2.05) is 6.07 Å². The van der Waals surface area contributed by atoms with Gasteiger partial charge >= 0.3 is 0 Å². The Hall–Kier alpha value is -0.250.